The van der Waals surface area contributed by atoms with E-state index in [-0.39, 0.29) is 29.6 Å². The van der Waals surface area contributed by atoms with Gasteiger partial charge in [-0.25, -0.2) is 0 Å². The molecule has 6 heteroatoms. The van der Waals surface area contributed by atoms with Crippen LogP contribution in [0.25, 0.3) is 0 Å². The monoisotopic (exact) mass is 492 g/mol. The Labute approximate surface area is 215 Å². The van der Waals surface area contributed by atoms with E-state index in [2.05, 4.69) is 24.3 Å². The summed E-state index contributed by atoms with van der Waals surface area (Å²) in [6, 6.07) is 25.2. The number of carbonyl (C=O) groups excluding carboxylic acids is 3. The first-order valence-corrected chi connectivity index (χ1v) is 13.1. The molecule has 2 saturated heterocycles. The van der Waals surface area contributed by atoms with Crippen molar-refractivity contribution in [3.05, 3.63) is 107 Å². The van der Waals surface area contributed by atoms with Gasteiger partial charge in [0.2, 0.25) is 17.7 Å². The van der Waals surface area contributed by atoms with Crippen molar-refractivity contribution in [3.8, 4) is 0 Å². The SMILES string of the molecule is O=C([C@@H](Cc1ccccc1)N1C(=O)[C@@H]2C3c4ccccc4C(c4ccccc43)[C@@H]2C1=O)N1CCOCC1. The van der Waals surface area contributed by atoms with Crippen LogP contribution in [0.2, 0.25) is 0 Å². The minimum absolute atomic E-state index is 0.171. The van der Waals surface area contributed by atoms with Gasteiger partial charge in [-0.3, -0.25) is 19.3 Å². The van der Waals surface area contributed by atoms with Gasteiger partial charge < -0.3 is 9.64 Å². The van der Waals surface area contributed by atoms with Crippen molar-refractivity contribution >= 4 is 17.7 Å². The van der Waals surface area contributed by atoms with Gasteiger partial charge in [-0.2, -0.15) is 0 Å². The standard InChI is InChI=1S/C31H28N2O4/c34-29(32-14-16-37-17-15-32)24(18-19-8-2-1-3-9-19)33-30(35)27-25-20-10-4-5-11-21(20)26(28(27)31(33)36)23-13-7-6-12-22(23)25/h1-13,24-28H,14-18H2/t24-,25?,26?,27-,28+/m1/s1. The molecule has 0 unspecified atom stereocenters. The Balaban J connectivity index is 1.32. The fraction of sp³-hybridized carbons (Fsp3) is 0.323. The Morgan fingerprint density at radius 2 is 1.19 bits per heavy atom. The zero-order valence-corrected chi connectivity index (χ0v) is 20.5. The number of imide groups is 1. The number of hydrogen-bond donors (Lipinski definition) is 0. The molecule has 0 radical (unpaired) electrons. The fourth-order valence-corrected chi connectivity index (χ4v) is 7.13. The largest absolute Gasteiger partial charge is 0.378 e. The molecule has 0 spiro atoms. The minimum atomic E-state index is -0.864. The van der Waals surface area contributed by atoms with Crippen molar-refractivity contribution < 1.29 is 19.1 Å². The smallest absolute Gasteiger partial charge is 0.246 e. The number of benzene rings is 3. The summed E-state index contributed by atoms with van der Waals surface area (Å²) in [7, 11) is 0. The third kappa shape index (κ3) is 3.32. The number of ether oxygens (including phenoxy) is 1. The molecule has 0 aromatic heterocycles. The van der Waals surface area contributed by atoms with Crippen molar-refractivity contribution in [2.24, 2.45) is 11.8 Å². The number of likely N-dealkylation sites (tertiary alicyclic amines) is 1. The lowest BCUT2D eigenvalue weighted by atomic mass is 9.55. The van der Waals surface area contributed by atoms with Gasteiger partial charge in [-0.15, -0.1) is 0 Å². The van der Waals surface area contributed by atoms with Crippen molar-refractivity contribution in [3.63, 3.8) is 0 Å². The van der Waals surface area contributed by atoms with Crippen LogP contribution in [0.3, 0.4) is 0 Å². The molecule has 3 amide bonds. The minimum Gasteiger partial charge on any atom is -0.378 e. The molecule has 2 bridgehead atoms. The van der Waals surface area contributed by atoms with Crippen LogP contribution >= 0.6 is 0 Å². The molecule has 3 aromatic carbocycles. The maximum absolute atomic E-state index is 14.3. The summed E-state index contributed by atoms with van der Waals surface area (Å²) < 4.78 is 5.46. The summed E-state index contributed by atoms with van der Waals surface area (Å²) in [5.41, 5.74) is 5.47. The molecule has 2 aliphatic heterocycles. The number of hydrogen-bond acceptors (Lipinski definition) is 4. The van der Waals surface area contributed by atoms with E-state index in [1.165, 1.54) is 4.90 Å². The zero-order chi connectivity index (χ0) is 25.1. The Kier molecular flexibility index (Phi) is 5.25. The normalized spacial score (nSPS) is 26.5. The summed E-state index contributed by atoms with van der Waals surface area (Å²) in [5, 5.41) is 0. The maximum atomic E-state index is 14.3. The number of carbonyl (C=O) groups is 3. The van der Waals surface area contributed by atoms with Crippen molar-refractivity contribution in [2.45, 2.75) is 24.3 Å². The van der Waals surface area contributed by atoms with Crippen LogP contribution in [0.1, 0.15) is 39.7 Å². The van der Waals surface area contributed by atoms with E-state index in [1.54, 1.807) is 4.90 Å². The van der Waals surface area contributed by atoms with Gasteiger partial charge in [0.1, 0.15) is 6.04 Å². The van der Waals surface area contributed by atoms with Gasteiger partial charge in [-0.1, -0.05) is 78.9 Å². The van der Waals surface area contributed by atoms with Crippen LogP contribution in [0, 0.1) is 11.8 Å². The summed E-state index contributed by atoms with van der Waals surface area (Å²) >= 11 is 0. The Hall–Kier alpha value is -3.77. The number of nitrogens with zero attached hydrogens (tertiary/aromatic N) is 2. The number of amides is 3. The van der Waals surface area contributed by atoms with Crippen molar-refractivity contribution in [2.75, 3.05) is 26.3 Å². The van der Waals surface area contributed by atoms with E-state index < -0.39 is 17.9 Å². The van der Waals surface area contributed by atoms with E-state index in [0.717, 1.165) is 27.8 Å². The van der Waals surface area contributed by atoms with Gasteiger partial charge >= 0.3 is 0 Å². The van der Waals surface area contributed by atoms with Crippen molar-refractivity contribution in [1.29, 1.82) is 0 Å². The number of morpholine rings is 1. The average Bonchev–Trinajstić information content (AvgIpc) is 3.22. The second kappa shape index (κ2) is 8.67. The third-order valence-corrected chi connectivity index (χ3v) is 8.67. The van der Waals surface area contributed by atoms with Crippen LogP contribution in [0.4, 0.5) is 0 Å². The highest BCUT2D eigenvalue weighted by molar-refractivity contribution is 6.10. The highest BCUT2D eigenvalue weighted by Crippen LogP contribution is 2.61. The van der Waals surface area contributed by atoms with Crippen LogP contribution in [-0.2, 0) is 25.5 Å². The summed E-state index contributed by atoms with van der Waals surface area (Å²) in [4.78, 5) is 45.6. The molecule has 37 heavy (non-hydrogen) atoms. The van der Waals surface area contributed by atoms with E-state index in [9.17, 15) is 14.4 Å². The Morgan fingerprint density at radius 3 is 1.68 bits per heavy atom. The van der Waals surface area contributed by atoms with Gasteiger partial charge in [0, 0.05) is 31.3 Å². The van der Waals surface area contributed by atoms with Crippen molar-refractivity contribution in [1.82, 2.24) is 9.80 Å². The van der Waals surface area contributed by atoms with E-state index in [0.29, 0.717) is 32.7 Å². The van der Waals surface area contributed by atoms with Crippen LogP contribution in [-0.4, -0.2) is 59.9 Å². The van der Waals surface area contributed by atoms with E-state index >= 15 is 0 Å². The second-order valence-electron chi connectivity index (χ2n) is 10.5. The van der Waals surface area contributed by atoms with Crippen LogP contribution < -0.4 is 0 Å². The topological polar surface area (TPSA) is 66.9 Å². The molecule has 8 rings (SSSR count). The molecule has 3 atom stereocenters. The zero-order valence-electron chi connectivity index (χ0n) is 20.5. The average molecular weight is 493 g/mol. The highest BCUT2D eigenvalue weighted by atomic mass is 16.5. The van der Waals surface area contributed by atoms with Crippen LogP contribution in [0.15, 0.2) is 78.9 Å². The molecule has 2 fully saturated rings. The summed E-state index contributed by atoms with van der Waals surface area (Å²) in [5.74, 6) is -1.93. The Bertz CT molecular complexity index is 1280. The molecule has 3 aliphatic carbocycles. The van der Waals surface area contributed by atoms with Crippen LogP contribution in [0.5, 0.6) is 0 Å². The molecule has 0 saturated carbocycles. The quantitative estimate of drug-likeness (QED) is 0.524. The molecule has 0 N–H and O–H groups in total. The van der Waals surface area contributed by atoms with Gasteiger partial charge in [0.25, 0.3) is 0 Å². The van der Waals surface area contributed by atoms with Gasteiger partial charge in [0.05, 0.1) is 25.0 Å². The number of rotatable bonds is 4. The third-order valence-electron chi connectivity index (χ3n) is 8.67. The lowest BCUT2D eigenvalue weighted by Gasteiger charge is -2.45. The van der Waals surface area contributed by atoms with Gasteiger partial charge in [-0.05, 0) is 27.8 Å². The lowest BCUT2D eigenvalue weighted by molar-refractivity contribution is -0.153. The molecule has 3 aromatic rings. The predicted molar refractivity (Wildman–Crippen MR) is 137 cm³/mol. The summed E-state index contributed by atoms with van der Waals surface area (Å²) in [6.45, 7) is 1.86. The second-order valence-corrected chi connectivity index (χ2v) is 10.5. The Morgan fingerprint density at radius 1 is 0.730 bits per heavy atom. The maximum Gasteiger partial charge on any atom is 0.246 e. The molecular weight excluding hydrogens is 464 g/mol. The molecule has 6 nitrogen and oxygen atoms in total. The first-order valence-electron chi connectivity index (χ1n) is 13.1. The predicted octanol–water partition coefficient (Wildman–Crippen LogP) is 3.35. The molecule has 186 valence electrons. The van der Waals surface area contributed by atoms with E-state index in [4.69, 9.17) is 4.74 Å². The first kappa shape index (κ1) is 22.4. The van der Waals surface area contributed by atoms with Gasteiger partial charge in [0.15, 0.2) is 0 Å². The fourth-order valence-electron chi connectivity index (χ4n) is 7.13. The molecular formula is C31H28N2O4. The van der Waals surface area contributed by atoms with E-state index in [1.807, 2.05) is 54.6 Å². The lowest BCUT2D eigenvalue weighted by Crippen LogP contribution is -2.54. The molecule has 5 aliphatic rings. The molecule has 2 heterocycles. The summed E-state index contributed by atoms with van der Waals surface area (Å²) in [6.07, 6.45) is 0.309. The highest BCUT2D eigenvalue weighted by Gasteiger charge is 2.63. The first-order chi connectivity index (χ1) is 18.1.